The third-order valence-corrected chi connectivity index (χ3v) is 5.19. The number of carbonyl (C=O) groups excluding carboxylic acids is 2. The van der Waals surface area contributed by atoms with E-state index in [0.29, 0.717) is 22.9 Å². The first-order valence-corrected chi connectivity index (χ1v) is 9.87. The molecular weight excluding hydrogens is 440 g/mol. The molecule has 0 spiro atoms. The number of nitrogens with one attached hydrogen (secondary N) is 1. The molecule has 5 nitrogen and oxygen atoms in total. The number of ether oxygens (including phenoxy) is 1. The summed E-state index contributed by atoms with van der Waals surface area (Å²) in [6.07, 6.45) is 1.51. The van der Waals surface area contributed by atoms with Gasteiger partial charge in [-0.2, -0.15) is 0 Å². The fourth-order valence-electron chi connectivity index (χ4n) is 2.87. The molecule has 28 heavy (non-hydrogen) atoms. The highest BCUT2D eigenvalue weighted by Gasteiger charge is 2.34. The predicted octanol–water partition coefficient (Wildman–Crippen LogP) is 4.41. The highest BCUT2D eigenvalue weighted by Crippen LogP contribution is 2.28. The Hall–Kier alpha value is -2.51. The van der Waals surface area contributed by atoms with Crippen molar-refractivity contribution in [2.75, 3.05) is 12.0 Å². The second-order valence-electron chi connectivity index (χ2n) is 6.59. The van der Waals surface area contributed by atoms with Crippen LogP contribution in [0.1, 0.15) is 30.9 Å². The lowest BCUT2D eigenvalue weighted by Gasteiger charge is -2.29. The maximum absolute atomic E-state index is 13.1. The zero-order valence-corrected chi connectivity index (χ0v) is 18.1. The molecule has 1 heterocycles. The Labute approximate surface area is 177 Å². The first-order chi connectivity index (χ1) is 13.3. The maximum atomic E-state index is 13.1. The van der Waals surface area contributed by atoms with Crippen molar-refractivity contribution in [2.45, 2.75) is 19.8 Å². The molecule has 0 radical (unpaired) electrons. The van der Waals surface area contributed by atoms with Gasteiger partial charge in [0.15, 0.2) is 5.11 Å². The molecule has 0 bridgehead atoms. The van der Waals surface area contributed by atoms with E-state index in [4.69, 9.17) is 17.0 Å². The molecule has 1 saturated heterocycles. The average Bonchev–Trinajstić information content (AvgIpc) is 2.65. The first kappa shape index (κ1) is 20.2. The van der Waals surface area contributed by atoms with Crippen LogP contribution in [0.2, 0.25) is 0 Å². The molecule has 0 unspecified atom stereocenters. The van der Waals surface area contributed by atoms with E-state index >= 15 is 0 Å². The second-order valence-corrected chi connectivity index (χ2v) is 7.89. The Morgan fingerprint density at radius 3 is 2.43 bits per heavy atom. The minimum atomic E-state index is -0.535. The molecule has 0 saturated carbocycles. The summed E-state index contributed by atoms with van der Waals surface area (Å²) in [5.41, 5.74) is 2.35. The summed E-state index contributed by atoms with van der Waals surface area (Å²) >= 11 is 8.64. The van der Waals surface area contributed by atoms with Crippen molar-refractivity contribution >= 4 is 56.8 Å². The topological polar surface area (TPSA) is 58.6 Å². The zero-order chi connectivity index (χ0) is 20.4. The highest BCUT2D eigenvalue weighted by molar-refractivity contribution is 9.10. The van der Waals surface area contributed by atoms with Crippen molar-refractivity contribution in [3.8, 4) is 5.75 Å². The van der Waals surface area contributed by atoms with Gasteiger partial charge in [-0.1, -0.05) is 41.9 Å². The van der Waals surface area contributed by atoms with Crippen molar-refractivity contribution in [1.82, 2.24) is 5.32 Å². The van der Waals surface area contributed by atoms with Gasteiger partial charge in [-0.15, -0.1) is 0 Å². The van der Waals surface area contributed by atoms with Gasteiger partial charge < -0.3 is 4.74 Å². The van der Waals surface area contributed by atoms with Crippen molar-refractivity contribution in [1.29, 1.82) is 0 Å². The quantitative estimate of drug-likeness (QED) is 0.418. The number of benzene rings is 2. The van der Waals surface area contributed by atoms with Crippen molar-refractivity contribution in [3.63, 3.8) is 0 Å². The molecule has 0 aliphatic carbocycles. The number of anilines is 1. The zero-order valence-electron chi connectivity index (χ0n) is 15.7. The van der Waals surface area contributed by atoms with E-state index in [1.807, 2.05) is 30.3 Å². The van der Waals surface area contributed by atoms with Gasteiger partial charge in [0.2, 0.25) is 0 Å². The second kappa shape index (κ2) is 8.24. The number of halogens is 1. The molecule has 1 N–H and O–H groups in total. The van der Waals surface area contributed by atoms with E-state index in [1.165, 1.54) is 18.1 Å². The van der Waals surface area contributed by atoms with Crippen molar-refractivity contribution in [2.24, 2.45) is 0 Å². The monoisotopic (exact) mass is 458 g/mol. The first-order valence-electron chi connectivity index (χ1n) is 8.66. The van der Waals surface area contributed by atoms with E-state index in [1.54, 1.807) is 12.1 Å². The van der Waals surface area contributed by atoms with Crippen molar-refractivity contribution in [3.05, 3.63) is 63.6 Å². The van der Waals surface area contributed by atoms with E-state index in [9.17, 15) is 9.59 Å². The van der Waals surface area contributed by atoms with Crippen LogP contribution >= 0.6 is 28.1 Å². The molecule has 7 heteroatoms. The summed E-state index contributed by atoms with van der Waals surface area (Å²) in [5, 5.41) is 2.66. The summed E-state index contributed by atoms with van der Waals surface area (Å²) in [6, 6.07) is 12.9. The Morgan fingerprint density at radius 1 is 1.14 bits per heavy atom. The molecule has 2 aromatic rings. The fraction of sp³-hybridized carbons (Fsp3) is 0.190. The largest absolute Gasteiger partial charge is 0.496 e. The predicted molar refractivity (Wildman–Crippen MR) is 117 cm³/mol. The molecule has 1 aliphatic rings. The molecule has 1 fully saturated rings. The molecule has 0 atom stereocenters. The Bertz CT molecular complexity index is 984. The van der Waals surface area contributed by atoms with Gasteiger partial charge in [0, 0.05) is 10.0 Å². The highest BCUT2D eigenvalue weighted by atomic mass is 79.9. The SMILES string of the molecule is COc1ccc(Br)cc1/C=C1\C(=O)NC(=S)N(c2ccc(C(C)C)cc2)C1=O. The van der Waals surface area contributed by atoms with Crippen LogP contribution < -0.4 is 15.0 Å². The number of nitrogens with zero attached hydrogens (tertiary/aromatic N) is 1. The van der Waals surface area contributed by atoms with E-state index in [-0.39, 0.29) is 10.7 Å². The van der Waals surface area contributed by atoms with Crippen LogP contribution in [0.15, 0.2) is 52.5 Å². The number of rotatable bonds is 4. The number of methoxy groups -OCH3 is 1. The van der Waals surface area contributed by atoms with E-state index in [0.717, 1.165) is 10.0 Å². The van der Waals surface area contributed by atoms with Crippen LogP contribution in [0.4, 0.5) is 5.69 Å². The molecule has 144 valence electrons. The lowest BCUT2D eigenvalue weighted by Crippen LogP contribution is -2.54. The minimum absolute atomic E-state index is 0.0158. The van der Waals surface area contributed by atoms with E-state index in [2.05, 4.69) is 35.1 Å². The number of thiocarbonyl (C=S) groups is 1. The van der Waals surface area contributed by atoms with Gasteiger partial charge in [0.05, 0.1) is 12.8 Å². The lowest BCUT2D eigenvalue weighted by atomic mass is 10.0. The molecule has 1 aliphatic heterocycles. The van der Waals surface area contributed by atoms with Crippen LogP contribution in [0.5, 0.6) is 5.75 Å². The lowest BCUT2D eigenvalue weighted by molar-refractivity contribution is -0.122. The minimum Gasteiger partial charge on any atom is -0.496 e. The fourth-order valence-corrected chi connectivity index (χ4v) is 3.53. The molecule has 2 aromatic carbocycles. The number of carbonyl (C=O) groups is 2. The maximum Gasteiger partial charge on any atom is 0.270 e. The Kier molecular flexibility index (Phi) is 5.96. The molecule has 0 aromatic heterocycles. The standard InChI is InChI=1S/C21H19BrN2O3S/c1-12(2)13-4-7-16(8-5-13)24-20(26)17(19(25)23-21(24)28)11-14-10-15(22)6-9-18(14)27-3/h4-12H,1-3H3,(H,23,25,28)/b17-11+. The van der Waals surface area contributed by atoms with Crippen LogP contribution in [0.25, 0.3) is 6.08 Å². The molecule has 2 amide bonds. The van der Waals surface area contributed by atoms with Gasteiger partial charge in [-0.25, -0.2) is 0 Å². The van der Waals surface area contributed by atoms with Crippen LogP contribution in [-0.4, -0.2) is 24.0 Å². The number of hydrogen-bond donors (Lipinski definition) is 1. The van der Waals surface area contributed by atoms with Crippen LogP contribution in [-0.2, 0) is 9.59 Å². The smallest absolute Gasteiger partial charge is 0.270 e. The van der Waals surface area contributed by atoms with Gasteiger partial charge in [-0.05, 0) is 60.1 Å². The number of amides is 2. The summed E-state index contributed by atoms with van der Waals surface area (Å²) in [5.74, 6) is -0.0883. The van der Waals surface area contributed by atoms with Gasteiger partial charge in [0.1, 0.15) is 11.3 Å². The molecular formula is C21H19BrN2O3S. The summed E-state index contributed by atoms with van der Waals surface area (Å²) in [4.78, 5) is 26.9. The molecule has 3 rings (SSSR count). The third kappa shape index (κ3) is 4.00. The third-order valence-electron chi connectivity index (χ3n) is 4.41. The van der Waals surface area contributed by atoms with Gasteiger partial charge >= 0.3 is 0 Å². The Balaban J connectivity index is 2.02. The summed E-state index contributed by atoms with van der Waals surface area (Å²) in [7, 11) is 1.53. The van der Waals surface area contributed by atoms with Crippen molar-refractivity contribution < 1.29 is 14.3 Å². The normalized spacial score (nSPS) is 16.0. The summed E-state index contributed by atoms with van der Waals surface area (Å²) < 4.78 is 6.14. The van der Waals surface area contributed by atoms with E-state index < -0.39 is 11.8 Å². The summed E-state index contributed by atoms with van der Waals surface area (Å²) in [6.45, 7) is 4.19. The Morgan fingerprint density at radius 2 is 1.82 bits per heavy atom. The van der Waals surface area contributed by atoms with Gasteiger partial charge in [-0.3, -0.25) is 19.8 Å². The van der Waals surface area contributed by atoms with Crippen LogP contribution in [0.3, 0.4) is 0 Å². The average molecular weight is 459 g/mol. The van der Waals surface area contributed by atoms with Gasteiger partial charge in [0.25, 0.3) is 11.8 Å². The van der Waals surface area contributed by atoms with Crippen LogP contribution in [0, 0.1) is 0 Å². The number of hydrogen-bond acceptors (Lipinski definition) is 4.